The number of carbonyl (C=O) groups is 1. The maximum Gasteiger partial charge on any atom is 0.328 e. The number of nitrogens with zero attached hydrogens (tertiary/aromatic N) is 2. The Kier molecular flexibility index (Phi) is 3.52. The van der Waals surface area contributed by atoms with Crippen LogP contribution >= 0.6 is 11.3 Å². The number of H-pyrrole nitrogens is 1. The smallest absolute Gasteiger partial charge is 0.313 e. The third-order valence-corrected chi connectivity index (χ3v) is 3.15. The van der Waals surface area contributed by atoms with E-state index in [9.17, 15) is 14.4 Å². The molecule has 0 fully saturated rings. The Morgan fingerprint density at radius 2 is 2.28 bits per heavy atom. The number of rotatable bonds is 4. The fourth-order valence-electron chi connectivity index (χ4n) is 1.55. The van der Waals surface area contributed by atoms with Crippen LogP contribution in [0.2, 0.25) is 0 Å². The van der Waals surface area contributed by atoms with E-state index in [4.69, 9.17) is 0 Å². The third-order valence-electron chi connectivity index (χ3n) is 2.52. The largest absolute Gasteiger partial charge is 0.328 e. The normalized spacial score (nSPS) is 10.5. The van der Waals surface area contributed by atoms with Crippen LogP contribution in [0.1, 0.15) is 23.0 Å². The number of aromatic amines is 1. The van der Waals surface area contributed by atoms with Gasteiger partial charge in [0.15, 0.2) is 5.78 Å². The highest BCUT2D eigenvalue weighted by atomic mass is 32.1. The molecule has 0 aliphatic carbocycles. The highest BCUT2D eigenvalue weighted by Crippen LogP contribution is 2.02. The van der Waals surface area contributed by atoms with Crippen LogP contribution in [-0.2, 0) is 13.0 Å². The summed E-state index contributed by atoms with van der Waals surface area (Å²) in [5.41, 5.74) is 1.43. The van der Waals surface area contributed by atoms with Crippen molar-refractivity contribution in [3.63, 3.8) is 0 Å². The summed E-state index contributed by atoms with van der Waals surface area (Å²) in [5.74, 6) is -0.362. The minimum atomic E-state index is -0.554. The molecule has 1 N–H and O–H groups in total. The molecule has 2 heterocycles. The van der Waals surface area contributed by atoms with Gasteiger partial charge in [0.2, 0.25) is 0 Å². The van der Waals surface area contributed by atoms with E-state index in [-0.39, 0.29) is 17.9 Å². The Bertz CT molecular complexity index is 670. The topological polar surface area (TPSA) is 84.8 Å². The molecule has 0 aliphatic rings. The van der Waals surface area contributed by atoms with E-state index < -0.39 is 11.2 Å². The third kappa shape index (κ3) is 2.45. The first-order valence-electron chi connectivity index (χ1n) is 5.30. The van der Waals surface area contributed by atoms with Crippen LogP contribution in [-0.4, -0.2) is 20.3 Å². The molecular weight excluding hydrogens is 254 g/mol. The van der Waals surface area contributed by atoms with Crippen molar-refractivity contribution in [2.24, 2.45) is 0 Å². The molecule has 0 radical (unpaired) electrons. The quantitative estimate of drug-likeness (QED) is 0.813. The van der Waals surface area contributed by atoms with Crippen molar-refractivity contribution in [3.8, 4) is 0 Å². The predicted octanol–water partition coefficient (Wildman–Crippen LogP) is 0.438. The van der Waals surface area contributed by atoms with Crippen LogP contribution in [0, 0.1) is 0 Å². The molecule has 0 unspecified atom stereocenters. The maximum atomic E-state index is 11.9. The summed E-state index contributed by atoms with van der Waals surface area (Å²) in [5, 5.41) is 1.86. The van der Waals surface area contributed by atoms with Gasteiger partial charge in [0.1, 0.15) is 0 Å². The van der Waals surface area contributed by atoms with Crippen LogP contribution < -0.4 is 11.2 Å². The lowest BCUT2D eigenvalue weighted by Crippen LogP contribution is -2.38. The van der Waals surface area contributed by atoms with Crippen molar-refractivity contribution < 1.29 is 4.79 Å². The van der Waals surface area contributed by atoms with Crippen LogP contribution in [0.15, 0.2) is 26.7 Å². The Morgan fingerprint density at radius 3 is 2.89 bits per heavy atom. The van der Waals surface area contributed by atoms with E-state index in [2.05, 4.69) is 9.97 Å². The van der Waals surface area contributed by atoms with Gasteiger partial charge in [-0.05, 0) is 6.92 Å². The number of carbonyl (C=O) groups excluding carboxylic acids is 1. The monoisotopic (exact) mass is 265 g/mol. The van der Waals surface area contributed by atoms with Crippen molar-refractivity contribution in [2.45, 2.75) is 19.9 Å². The van der Waals surface area contributed by atoms with Gasteiger partial charge in [-0.1, -0.05) is 0 Å². The lowest BCUT2D eigenvalue weighted by molar-refractivity contribution is 0.101. The first kappa shape index (κ1) is 12.4. The predicted molar refractivity (Wildman–Crippen MR) is 67.1 cm³/mol. The minimum Gasteiger partial charge on any atom is -0.313 e. The van der Waals surface area contributed by atoms with Gasteiger partial charge >= 0.3 is 5.69 Å². The first-order valence-corrected chi connectivity index (χ1v) is 6.24. The van der Waals surface area contributed by atoms with E-state index in [1.165, 1.54) is 18.3 Å². The molecule has 0 saturated carbocycles. The molecule has 0 aliphatic heterocycles. The molecule has 0 spiro atoms. The zero-order chi connectivity index (χ0) is 13.1. The molecule has 2 aromatic heterocycles. The fraction of sp³-hybridized carbons (Fsp3) is 0.273. The number of hydrogen-bond donors (Lipinski definition) is 1. The number of aryl methyl sites for hydroxylation is 1. The molecule has 6 nitrogen and oxygen atoms in total. The van der Waals surface area contributed by atoms with E-state index in [1.54, 1.807) is 5.51 Å². The van der Waals surface area contributed by atoms with E-state index >= 15 is 0 Å². The minimum absolute atomic E-state index is 0.00659. The molecule has 0 aromatic carbocycles. The highest BCUT2D eigenvalue weighted by Gasteiger charge is 2.10. The van der Waals surface area contributed by atoms with Gasteiger partial charge in [-0.15, -0.1) is 11.3 Å². The summed E-state index contributed by atoms with van der Waals surface area (Å²) < 4.78 is 1.02. The van der Waals surface area contributed by atoms with Gasteiger partial charge in [-0.2, -0.15) is 0 Å². The van der Waals surface area contributed by atoms with Gasteiger partial charge in [-0.3, -0.25) is 14.2 Å². The van der Waals surface area contributed by atoms with Crippen LogP contribution in [0.4, 0.5) is 0 Å². The summed E-state index contributed by atoms with van der Waals surface area (Å²) in [7, 11) is 0. The highest BCUT2D eigenvalue weighted by molar-refractivity contribution is 7.07. The molecule has 2 rings (SSSR count). The molecule has 0 atom stereocenters. The molecule has 0 bridgehead atoms. The van der Waals surface area contributed by atoms with Gasteiger partial charge in [0, 0.05) is 24.5 Å². The van der Waals surface area contributed by atoms with Crippen molar-refractivity contribution >= 4 is 17.1 Å². The number of thiazole rings is 1. The fourth-order valence-corrected chi connectivity index (χ4v) is 2.15. The SMILES string of the molecule is CC(=O)c1c[nH]c(=O)n(CCc2cscn2)c1=O. The summed E-state index contributed by atoms with van der Waals surface area (Å²) in [6, 6.07) is 0. The number of hydrogen-bond acceptors (Lipinski definition) is 5. The van der Waals surface area contributed by atoms with E-state index in [0.29, 0.717) is 6.42 Å². The Labute approximate surface area is 106 Å². The van der Waals surface area contributed by atoms with E-state index in [1.807, 2.05) is 5.38 Å². The second kappa shape index (κ2) is 5.09. The molecule has 18 heavy (non-hydrogen) atoms. The molecular formula is C11H11N3O3S. The standard InChI is InChI=1S/C11H11N3O3S/c1-7(15)9-4-12-11(17)14(10(9)16)3-2-8-5-18-6-13-8/h4-6H,2-3H2,1H3,(H,12,17). The summed E-state index contributed by atoms with van der Waals surface area (Å²) >= 11 is 1.45. The average molecular weight is 265 g/mol. The molecule has 2 aromatic rings. The summed E-state index contributed by atoms with van der Waals surface area (Å²) in [4.78, 5) is 41.1. The summed E-state index contributed by atoms with van der Waals surface area (Å²) in [6.07, 6.45) is 1.64. The van der Waals surface area contributed by atoms with Gasteiger partial charge in [0.05, 0.1) is 16.8 Å². The van der Waals surface area contributed by atoms with Crippen molar-refractivity contribution in [1.82, 2.24) is 14.5 Å². The van der Waals surface area contributed by atoms with Crippen molar-refractivity contribution in [1.29, 1.82) is 0 Å². The summed E-state index contributed by atoms with van der Waals surface area (Å²) in [6.45, 7) is 1.50. The van der Waals surface area contributed by atoms with Gasteiger partial charge in [0.25, 0.3) is 5.56 Å². The average Bonchev–Trinajstić information content (AvgIpc) is 2.81. The number of Topliss-reactive ketones (excluding diaryl/α,β-unsaturated/α-hetero) is 1. The number of aromatic nitrogens is 3. The Morgan fingerprint density at radius 1 is 1.50 bits per heavy atom. The second-order valence-electron chi connectivity index (χ2n) is 3.75. The lowest BCUT2D eigenvalue weighted by atomic mass is 10.2. The lowest BCUT2D eigenvalue weighted by Gasteiger charge is -2.04. The molecule has 7 heteroatoms. The van der Waals surface area contributed by atoms with Crippen molar-refractivity contribution in [3.05, 3.63) is 49.2 Å². The second-order valence-corrected chi connectivity index (χ2v) is 4.47. The Hall–Kier alpha value is -2.02. The first-order chi connectivity index (χ1) is 8.59. The maximum absolute atomic E-state index is 11.9. The van der Waals surface area contributed by atoms with Crippen molar-refractivity contribution in [2.75, 3.05) is 0 Å². The zero-order valence-corrected chi connectivity index (χ0v) is 10.5. The van der Waals surface area contributed by atoms with Gasteiger partial charge in [-0.25, -0.2) is 9.78 Å². The van der Waals surface area contributed by atoms with Crippen LogP contribution in [0.5, 0.6) is 0 Å². The molecule has 0 amide bonds. The van der Waals surface area contributed by atoms with Crippen LogP contribution in [0.25, 0.3) is 0 Å². The van der Waals surface area contributed by atoms with Crippen LogP contribution in [0.3, 0.4) is 0 Å². The number of nitrogens with one attached hydrogen (secondary N) is 1. The molecule has 94 valence electrons. The van der Waals surface area contributed by atoms with Gasteiger partial charge < -0.3 is 4.98 Å². The van der Waals surface area contributed by atoms with E-state index in [0.717, 1.165) is 16.5 Å². The zero-order valence-electron chi connectivity index (χ0n) is 9.67. The molecule has 0 saturated heterocycles. The number of ketones is 1. The Balaban J connectivity index is 2.32.